The average molecular weight is 667 g/mol. The molecule has 6 aromatic heterocycles. The third-order valence-corrected chi connectivity index (χ3v) is 5.73. The quantitative estimate of drug-likeness (QED) is 0.219. The van der Waals surface area contributed by atoms with Gasteiger partial charge in [0.15, 0.2) is 0 Å². The van der Waals surface area contributed by atoms with Gasteiger partial charge in [-0.05, 0) is 57.2 Å². The van der Waals surface area contributed by atoms with Crippen LogP contribution in [0.4, 0.5) is 0 Å². The highest BCUT2D eigenvalue weighted by molar-refractivity contribution is 5.82. The summed E-state index contributed by atoms with van der Waals surface area (Å²) in [6.45, 7) is 9.54. The molecule has 0 N–H and O–H groups in total. The Morgan fingerprint density at radius 3 is 0.875 bits per heavy atom. The molecule has 0 aromatic carbocycles. The number of aromatic nitrogens is 6. The predicted octanol–water partition coefficient (Wildman–Crippen LogP) is -0.0732. The van der Waals surface area contributed by atoms with Crippen LogP contribution in [0.2, 0.25) is 0 Å². The van der Waals surface area contributed by atoms with E-state index in [4.69, 9.17) is 0 Å². The number of imidazole rings is 3. The molecule has 0 aliphatic rings. The fourth-order valence-corrected chi connectivity index (χ4v) is 3.25. The second kappa shape index (κ2) is 22.4. The first-order chi connectivity index (χ1) is 22.9. The first-order valence-corrected chi connectivity index (χ1v) is 14.7. The summed E-state index contributed by atoms with van der Waals surface area (Å²) in [5.74, 6) is -4.25. The third-order valence-electron chi connectivity index (χ3n) is 5.73. The minimum Gasteiger partial charge on any atom is -0.542 e. The lowest BCUT2D eigenvalue weighted by Gasteiger charge is -1.91. The van der Waals surface area contributed by atoms with Crippen molar-refractivity contribution >= 4 is 17.9 Å². The van der Waals surface area contributed by atoms with E-state index in [0.29, 0.717) is 0 Å². The zero-order valence-corrected chi connectivity index (χ0v) is 27.9. The van der Waals surface area contributed by atoms with E-state index < -0.39 is 17.9 Å². The van der Waals surface area contributed by atoms with Crippen LogP contribution in [-0.4, -0.2) is 31.6 Å². The number of aromatic carboxylic acids is 3. The van der Waals surface area contributed by atoms with E-state index in [-0.39, 0.29) is 17.3 Å². The van der Waals surface area contributed by atoms with Gasteiger partial charge >= 0.3 is 0 Å². The maximum atomic E-state index is 9.86. The van der Waals surface area contributed by atoms with Gasteiger partial charge in [-0.15, -0.1) is 0 Å². The summed E-state index contributed by atoms with van der Waals surface area (Å²) in [4.78, 5) is 29.6. The van der Waals surface area contributed by atoms with Crippen LogP contribution in [0.25, 0.3) is 0 Å². The lowest BCUT2D eigenvalue weighted by Crippen LogP contribution is -2.23. The van der Waals surface area contributed by atoms with Gasteiger partial charge in [0.2, 0.25) is 19.0 Å². The van der Waals surface area contributed by atoms with E-state index in [1.165, 1.54) is 55.2 Å². The molecule has 0 spiro atoms. The highest BCUT2D eigenvalue weighted by atomic mass is 16.4. The molecule has 258 valence electrons. The van der Waals surface area contributed by atoms with E-state index in [1.807, 2.05) is 53.4 Å². The molecule has 15 nitrogen and oxygen atoms in total. The highest BCUT2D eigenvalue weighted by Crippen LogP contribution is 1.97. The fourth-order valence-electron chi connectivity index (χ4n) is 3.25. The topological polar surface area (TPSA) is 186 Å². The molecule has 6 aromatic rings. The molecule has 0 aliphatic carbocycles. The SMILES string of the molecule is CCn1cc[n+](C)c1.CCn1cc[n+](C)c1.CCn1cc[n+](C)c1.O=C([O-])c1ccco1.O=C([O-])c1ccco1.O=C([O-])c1ccco1. The first-order valence-electron chi connectivity index (χ1n) is 14.7. The predicted molar refractivity (Wildman–Crippen MR) is 163 cm³/mol. The molecule has 15 heteroatoms. The van der Waals surface area contributed by atoms with Crippen LogP contribution in [0.3, 0.4) is 0 Å². The minimum atomic E-state index is -1.28. The third kappa shape index (κ3) is 16.8. The van der Waals surface area contributed by atoms with Crippen LogP contribution in [0, 0.1) is 0 Å². The molecule has 0 amide bonds. The smallest absolute Gasteiger partial charge is 0.243 e. The Kier molecular flexibility index (Phi) is 18.6. The Morgan fingerprint density at radius 2 is 0.792 bits per heavy atom. The zero-order chi connectivity index (χ0) is 35.9. The largest absolute Gasteiger partial charge is 0.542 e. The number of carboxylic acids is 3. The number of aryl methyl sites for hydroxylation is 6. The fraction of sp³-hybridized carbons (Fsp3) is 0.273. The summed E-state index contributed by atoms with van der Waals surface area (Å²) in [6, 6.07) is 8.46. The van der Waals surface area contributed by atoms with Crippen molar-refractivity contribution in [3.05, 3.63) is 129 Å². The molecular weight excluding hydrogens is 624 g/mol. The molecule has 6 heterocycles. The summed E-state index contributed by atoms with van der Waals surface area (Å²) in [7, 11) is 6.06. The van der Waals surface area contributed by atoms with Gasteiger partial charge < -0.3 is 43.0 Å². The monoisotopic (exact) mass is 666 g/mol. The Bertz CT molecular complexity index is 1500. The molecule has 0 radical (unpaired) electrons. The number of carbonyl (C=O) groups excluding carboxylic acids is 3. The summed E-state index contributed by atoms with van der Waals surface area (Å²) in [5, 5.41) is 29.6. The van der Waals surface area contributed by atoms with Crippen molar-refractivity contribution in [2.45, 2.75) is 40.4 Å². The van der Waals surface area contributed by atoms with Gasteiger partial charge in [0.25, 0.3) is 0 Å². The summed E-state index contributed by atoms with van der Waals surface area (Å²) < 4.78 is 25.8. The van der Waals surface area contributed by atoms with Crippen molar-refractivity contribution in [3.63, 3.8) is 0 Å². The summed E-state index contributed by atoms with van der Waals surface area (Å²) in [6.07, 6.45) is 22.3. The highest BCUT2D eigenvalue weighted by Gasteiger charge is 1.95. The molecule has 0 saturated heterocycles. The second-order valence-electron chi connectivity index (χ2n) is 9.52. The van der Waals surface area contributed by atoms with Gasteiger partial charge in [-0.25, -0.2) is 27.4 Å². The molecule has 0 bridgehead atoms. The van der Waals surface area contributed by atoms with E-state index in [2.05, 4.69) is 85.3 Å². The molecule has 0 unspecified atom stereocenters. The van der Waals surface area contributed by atoms with Gasteiger partial charge in [0.05, 0.1) is 59.6 Å². The Labute approximate surface area is 278 Å². The molecule has 0 atom stereocenters. The van der Waals surface area contributed by atoms with Crippen molar-refractivity contribution < 1.29 is 56.7 Å². The van der Waals surface area contributed by atoms with Crippen LogP contribution >= 0.6 is 0 Å². The molecule has 48 heavy (non-hydrogen) atoms. The maximum absolute atomic E-state index is 9.86. The number of furan rings is 3. The van der Waals surface area contributed by atoms with Crippen LogP contribution < -0.4 is 29.0 Å². The van der Waals surface area contributed by atoms with Gasteiger partial charge in [-0.3, -0.25) is 0 Å². The molecule has 0 aliphatic heterocycles. The van der Waals surface area contributed by atoms with Crippen molar-refractivity contribution in [1.29, 1.82) is 0 Å². The first kappa shape index (κ1) is 39.9. The molecular formula is C33H42N6O9. The normalized spacial score (nSPS) is 9.38. The molecule has 0 saturated carbocycles. The van der Waals surface area contributed by atoms with E-state index >= 15 is 0 Å². The van der Waals surface area contributed by atoms with Crippen molar-refractivity contribution in [2.24, 2.45) is 21.1 Å². The van der Waals surface area contributed by atoms with Crippen molar-refractivity contribution in [1.82, 2.24) is 13.7 Å². The van der Waals surface area contributed by atoms with E-state index in [9.17, 15) is 29.7 Å². The van der Waals surface area contributed by atoms with E-state index in [0.717, 1.165) is 19.6 Å². The van der Waals surface area contributed by atoms with Gasteiger partial charge in [0, 0.05) is 0 Å². The Morgan fingerprint density at radius 1 is 0.542 bits per heavy atom. The molecule has 6 rings (SSSR count). The van der Waals surface area contributed by atoms with Gasteiger partial charge in [-0.2, -0.15) is 0 Å². The second-order valence-corrected chi connectivity index (χ2v) is 9.52. The number of carboxylic acid groups (broad SMARTS) is 3. The number of nitrogens with zero attached hydrogens (tertiary/aromatic N) is 6. The Balaban J connectivity index is 0.000000288. The van der Waals surface area contributed by atoms with Crippen LogP contribution in [0.1, 0.15) is 52.4 Å². The maximum Gasteiger partial charge on any atom is 0.243 e. The van der Waals surface area contributed by atoms with Gasteiger partial charge in [-0.1, -0.05) is 0 Å². The van der Waals surface area contributed by atoms with E-state index in [1.54, 1.807) is 0 Å². The van der Waals surface area contributed by atoms with Crippen LogP contribution in [0.5, 0.6) is 0 Å². The zero-order valence-electron chi connectivity index (χ0n) is 27.9. The number of hydrogen-bond acceptors (Lipinski definition) is 9. The minimum absolute atomic E-state index is 0.134. The molecule has 0 fully saturated rings. The van der Waals surface area contributed by atoms with Crippen LogP contribution in [0.15, 0.2) is 125 Å². The lowest BCUT2D eigenvalue weighted by atomic mass is 10.5. The summed E-state index contributed by atoms with van der Waals surface area (Å²) in [5.41, 5.74) is 0. The van der Waals surface area contributed by atoms with Crippen molar-refractivity contribution in [3.8, 4) is 0 Å². The Hall–Kier alpha value is -6.12. The average Bonchev–Trinajstić information content (AvgIpc) is 3.91. The number of hydrogen-bond donors (Lipinski definition) is 0. The van der Waals surface area contributed by atoms with Crippen molar-refractivity contribution in [2.75, 3.05) is 0 Å². The lowest BCUT2D eigenvalue weighted by molar-refractivity contribution is -0.671. The standard InChI is InChI=1S/3C6H11N2.3C5H4O3/c3*1-3-8-5-4-7(2)6-8;3*6-5(7)4-2-1-3-8-4/h3*4-6H,3H2,1-2H3;3*1-3H,(H,6,7)/q3*+1;;;/p-3. The summed E-state index contributed by atoms with van der Waals surface area (Å²) >= 11 is 0. The van der Waals surface area contributed by atoms with Gasteiger partial charge in [0.1, 0.15) is 72.4 Å². The number of carbonyl (C=O) groups is 3. The van der Waals surface area contributed by atoms with Crippen LogP contribution in [-0.2, 0) is 40.8 Å². The number of rotatable bonds is 6.